The quantitative estimate of drug-likeness (QED) is 0.628. The van der Waals surface area contributed by atoms with Gasteiger partial charge in [0.25, 0.3) is 0 Å². The number of hydrogen-bond acceptors (Lipinski definition) is 2. The van der Waals surface area contributed by atoms with Gasteiger partial charge < -0.3 is 0 Å². The first-order valence-electron chi connectivity index (χ1n) is 7.07. The summed E-state index contributed by atoms with van der Waals surface area (Å²) in [6.07, 6.45) is 3.87. The van der Waals surface area contributed by atoms with Gasteiger partial charge in [-0.05, 0) is 48.1 Å². The first-order valence-corrected chi connectivity index (χ1v) is 7.07. The average molecular weight is 274 g/mol. The lowest BCUT2D eigenvalue weighted by Crippen LogP contribution is -1.92. The molecule has 0 unspecified atom stereocenters. The molecule has 0 spiro atoms. The van der Waals surface area contributed by atoms with Gasteiger partial charge in [-0.3, -0.25) is 9.98 Å². The number of aliphatic imine (C=N–C) groups is 1. The SMILES string of the molecule is C/N=C\c1c(C)cccc1-c1ccc2cc(C)ncc2c1. The summed E-state index contributed by atoms with van der Waals surface area (Å²) in [7, 11) is 1.81. The number of rotatable bonds is 2. The molecule has 0 N–H and O–H groups in total. The maximum atomic E-state index is 4.39. The second-order valence-corrected chi connectivity index (χ2v) is 5.31. The molecule has 0 aliphatic carbocycles. The normalized spacial score (nSPS) is 11.4. The number of hydrogen-bond donors (Lipinski definition) is 0. The molecular weight excluding hydrogens is 256 g/mol. The van der Waals surface area contributed by atoms with E-state index in [1.165, 1.54) is 33.0 Å². The fraction of sp³-hybridized carbons (Fsp3) is 0.158. The van der Waals surface area contributed by atoms with Gasteiger partial charge in [0, 0.05) is 36.1 Å². The van der Waals surface area contributed by atoms with Crippen LogP contribution in [-0.4, -0.2) is 18.2 Å². The highest BCUT2D eigenvalue weighted by molar-refractivity contribution is 5.95. The van der Waals surface area contributed by atoms with Crippen LogP contribution in [0, 0.1) is 13.8 Å². The van der Waals surface area contributed by atoms with E-state index in [2.05, 4.69) is 59.4 Å². The highest BCUT2D eigenvalue weighted by Crippen LogP contribution is 2.28. The third-order valence-corrected chi connectivity index (χ3v) is 3.75. The first kappa shape index (κ1) is 13.5. The standard InChI is InChI=1S/C19H18N2/c1-13-5-4-6-18(19(13)12-20-3)16-8-7-15-9-14(2)21-11-17(15)10-16/h4-12H,1-3H3/b20-12-. The van der Waals surface area contributed by atoms with Crippen LogP contribution in [0.5, 0.6) is 0 Å². The van der Waals surface area contributed by atoms with Crippen LogP contribution in [0.15, 0.2) is 53.7 Å². The van der Waals surface area contributed by atoms with Crippen molar-refractivity contribution in [2.45, 2.75) is 13.8 Å². The van der Waals surface area contributed by atoms with E-state index in [9.17, 15) is 0 Å². The Morgan fingerprint density at radius 1 is 1.00 bits per heavy atom. The molecule has 1 aromatic heterocycles. The third kappa shape index (κ3) is 2.57. The van der Waals surface area contributed by atoms with Gasteiger partial charge >= 0.3 is 0 Å². The Bertz CT molecular complexity index is 832. The predicted octanol–water partition coefficient (Wildman–Crippen LogP) is 4.57. The molecule has 0 amide bonds. The second kappa shape index (κ2) is 5.49. The van der Waals surface area contributed by atoms with Gasteiger partial charge in [-0.1, -0.05) is 30.3 Å². The van der Waals surface area contributed by atoms with Gasteiger partial charge in [-0.2, -0.15) is 0 Å². The second-order valence-electron chi connectivity index (χ2n) is 5.31. The monoisotopic (exact) mass is 274 g/mol. The van der Waals surface area contributed by atoms with Gasteiger partial charge in [0.1, 0.15) is 0 Å². The lowest BCUT2D eigenvalue weighted by molar-refractivity contribution is 1.22. The van der Waals surface area contributed by atoms with Gasteiger partial charge in [0.2, 0.25) is 0 Å². The van der Waals surface area contributed by atoms with Crippen molar-refractivity contribution in [2.24, 2.45) is 4.99 Å². The Hall–Kier alpha value is -2.48. The highest BCUT2D eigenvalue weighted by atomic mass is 14.7. The number of aryl methyl sites for hydroxylation is 2. The number of nitrogens with zero attached hydrogens (tertiary/aromatic N) is 2. The summed E-state index contributed by atoms with van der Waals surface area (Å²) >= 11 is 0. The zero-order valence-corrected chi connectivity index (χ0v) is 12.6. The zero-order valence-electron chi connectivity index (χ0n) is 12.6. The van der Waals surface area contributed by atoms with Crippen molar-refractivity contribution in [3.63, 3.8) is 0 Å². The molecule has 2 nitrogen and oxygen atoms in total. The summed E-state index contributed by atoms with van der Waals surface area (Å²) in [4.78, 5) is 8.58. The van der Waals surface area contributed by atoms with Crippen molar-refractivity contribution < 1.29 is 0 Å². The van der Waals surface area contributed by atoms with Crippen molar-refractivity contribution in [3.8, 4) is 11.1 Å². The Kier molecular flexibility index (Phi) is 3.53. The Morgan fingerprint density at radius 2 is 1.86 bits per heavy atom. The van der Waals surface area contributed by atoms with Crippen molar-refractivity contribution in [1.29, 1.82) is 0 Å². The maximum absolute atomic E-state index is 4.39. The molecule has 2 heteroatoms. The molecule has 0 radical (unpaired) electrons. The smallest absolute Gasteiger partial charge is 0.0379 e. The van der Waals surface area contributed by atoms with Crippen LogP contribution in [0.3, 0.4) is 0 Å². The number of benzene rings is 2. The van der Waals surface area contributed by atoms with Crippen LogP contribution >= 0.6 is 0 Å². The maximum Gasteiger partial charge on any atom is 0.0379 e. The summed E-state index contributed by atoms with van der Waals surface area (Å²) < 4.78 is 0. The van der Waals surface area contributed by atoms with E-state index >= 15 is 0 Å². The molecule has 0 aliphatic heterocycles. The molecule has 104 valence electrons. The summed E-state index contributed by atoms with van der Waals surface area (Å²) in [5.74, 6) is 0. The van der Waals surface area contributed by atoms with E-state index in [1.54, 1.807) is 0 Å². The van der Waals surface area contributed by atoms with Crippen molar-refractivity contribution >= 4 is 17.0 Å². The van der Waals surface area contributed by atoms with Crippen molar-refractivity contribution in [1.82, 2.24) is 4.98 Å². The van der Waals surface area contributed by atoms with Crippen LogP contribution in [-0.2, 0) is 0 Å². The highest BCUT2D eigenvalue weighted by Gasteiger charge is 2.07. The number of pyridine rings is 1. The molecule has 0 saturated heterocycles. The van der Waals surface area contributed by atoms with Crippen molar-refractivity contribution in [3.05, 3.63) is 65.5 Å². The van der Waals surface area contributed by atoms with Gasteiger partial charge in [0.05, 0.1) is 0 Å². The van der Waals surface area contributed by atoms with Gasteiger partial charge in [-0.25, -0.2) is 0 Å². The molecule has 2 aromatic carbocycles. The zero-order chi connectivity index (χ0) is 14.8. The molecule has 3 aromatic rings. The average Bonchev–Trinajstić information content (AvgIpc) is 2.49. The van der Waals surface area contributed by atoms with Crippen LogP contribution in [0.1, 0.15) is 16.8 Å². The van der Waals surface area contributed by atoms with Crippen LogP contribution in [0.2, 0.25) is 0 Å². The topological polar surface area (TPSA) is 25.2 Å². The minimum atomic E-state index is 1.05. The van der Waals surface area contributed by atoms with E-state index in [0.29, 0.717) is 0 Å². The number of fused-ring (bicyclic) bond motifs is 1. The molecule has 0 fully saturated rings. The minimum absolute atomic E-state index is 1.05. The summed E-state index contributed by atoms with van der Waals surface area (Å²) in [5, 5.41) is 2.39. The third-order valence-electron chi connectivity index (χ3n) is 3.75. The van der Waals surface area contributed by atoms with E-state index in [1.807, 2.05) is 26.4 Å². The summed E-state index contributed by atoms with van der Waals surface area (Å²) in [5.41, 5.74) is 5.87. The molecule has 0 bridgehead atoms. The molecule has 3 rings (SSSR count). The first-order chi connectivity index (χ1) is 10.2. The molecular formula is C19H18N2. The minimum Gasteiger partial charge on any atom is -0.296 e. The Labute approximate surface area is 125 Å². The lowest BCUT2D eigenvalue weighted by atomic mass is 9.95. The summed E-state index contributed by atoms with van der Waals surface area (Å²) in [6.45, 7) is 4.14. The van der Waals surface area contributed by atoms with Crippen LogP contribution in [0.4, 0.5) is 0 Å². The van der Waals surface area contributed by atoms with Crippen molar-refractivity contribution in [2.75, 3.05) is 7.05 Å². The van der Waals surface area contributed by atoms with E-state index in [-0.39, 0.29) is 0 Å². The lowest BCUT2D eigenvalue weighted by Gasteiger charge is -2.10. The van der Waals surface area contributed by atoms with E-state index < -0.39 is 0 Å². The fourth-order valence-electron chi connectivity index (χ4n) is 2.65. The Balaban J connectivity index is 2.21. The molecule has 0 atom stereocenters. The molecule has 1 heterocycles. The van der Waals surface area contributed by atoms with Gasteiger partial charge in [-0.15, -0.1) is 0 Å². The molecule has 0 saturated carbocycles. The van der Waals surface area contributed by atoms with Crippen LogP contribution in [0.25, 0.3) is 21.9 Å². The predicted molar refractivity (Wildman–Crippen MR) is 90.2 cm³/mol. The number of aromatic nitrogens is 1. The van der Waals surface area contributed by atoms with E-state index in [0.717, 1.165) is 5.69 Å². The van der Waals surface area contributed by atoms with E-state index in [4.69, 9.17) is 0 Å². The Morgan fingerprint density at radius 3 is 2.67 bits per heavy atom. The molecule has 0 aliphatic rings. The van der Waals surface area contributed by atoms with Crippen LogP contribution < -0.4 is 0 Å². The van der Waals surface area contributed by atoms with Gasteiger partial charge in [0.15, 0.2) is 0 Å². The summed E-state index contributed by atoms with van der Waals surface area (Å²) in [6, 6.07) is 15.0. The molecule has 21 heavy (non-hydrogen) atoms. The fourth-order valence-corrected chi connectivity index (χ4v) is 2.65. The largest absolute Gasteiger partial charge is 0.296 e.